The molecule has 0 saturated carbocycles. The minimum absolute atomic E-state index is 0.0647. The second-order valence-electron chi connectivity index (χ2n) is 9.20. The van der Waals surface area contributed by atoms with Gasteiger partial charge in [-0.1, -0.05) is 60.7 Å². The first-order valence-corrected chi connectivity index (χ1v) is 12.9. The summed E-state index contributed by atoms with van der Waals surface area (Å²) in [5, 5.41) is 0. The summed E-state index contributed by atoms with van der Waals surface area (Å²) in [6.07, 6.45) is 7.04. The number of ether oxygens (including phenoxy) is 1. The molecule has 2 bridgehead atoms. The standard InChI is InChI=1S/C25H29ClNO3S/c26-31-30-25(19-9-3-1-4-10-19,20-11-5-2-6-12-20)24(28)29-23-17-21-13-14-22(18-23)27(21)15-7-8-16-27/h1-6,9-12,21-23H,7-8,13-18H2/q+1. The van der Waals surface area contributed by atoms with Crippen LogP contribution in [0.2, 0.25) is 0 Å². The van der Waals surface area contributed by atoms with Crippen molar-refractivity contribution in [2.24, 2.45) is 0 Å². The number of carbonyl (C=O) groups excluding carboxylic acids is 1. The van der Waals surface area contributed by atoms with Crippen molar-refractivity contribution in [3.05, 3.63) is 71.8 Å². The normalized spacial score (nSPS) is 26.8. The fourth-order valence-electron chi connectivity index (χ4n) is 6.47. The van der Waals surface area contributed by atoms with Gasteiger partial charge in [0.15, 0.2) is 0 Å². The second-order valence-corrected chi connectivity index (χ2v) is 9.87. The second kappa shape index (κ2) is 8.78. The third-order valence-corrected chi connectivity index (χ3v) is 8.34. The zero-order chi connectivity index (χ0) is 21.3. The summed E-state index contributed by atoms with van der Waals surface area (Å²) in [6.45, 7) is 2.61. The van der Waals surface area contributed by atoms with Crippen LogP contribution in [0, 0.1) is 0 Å². The van der Waals surface area contributed by atoms with Crippen molar-refractivity contribution in [1.29, 1.82) is 0 Å². The van der Waals surface area contributed by atoms with E-state index in [1.54, 1.807) is 0 Å². The molecule has 164 valence electrons. The van der Waals surface area contributed by atoms with Gasteiger partial charge in [0.1, 0.15) is 17.4 Å². The molecular formula is C25H29ClNO3S+. The summed E-state index contributed by atoms with van der Waals surface area (Å²) >= 11 is 0.686. The fraction of sp³-hybridized carbons (Fsp3) is 0.480. The van der Waals surface area contributed by atoms with E-state index in [2.05, 4.69) is 0 Å². The minimum Gasteiger partial charge on any atom is -0.459 e. The number of hydrogen-bond donors (Lipinski definition) is 0. The highest BCUT2D eigenvalue weighted by Crippen LogP contribution is 2.47. The van der Waals surface area contributed by atoms with Gasteiger partial charge in [0, 0.05) is 49.7 Å². The van der Waals surface area contributed by atoms with Crippen LogP contribution in [-0.4, -0.2) is 41.7 Å². The lowest BCUT2D eigenvalue weighted by Gasteiger charge is -2.47. The molecule has 2 atom stereocenters. The minimum atomic E-state index is -1.40. The molecule has 3 fully saturated rings. The lowest BCUT2D eigenvalue weighted by Crippen LogP contribution is -2.60. The number of halogens is 1. The molecule has 0 amide bonds. The number of nitrogens with zero attached hydrogens (tertiary/aromatic N) is 1. The van der Waals surface area contributed by atoms with E-state index in [9.17, 15) is 4.79 Å². The fourth-order valence-corrected chi connectivity index (χ4v) is 7.10. The van der Waals surface area contributed by atoms with E-state index in [-0.39, 0.29) is 12.1 Å². The third kappa shape index (κ3) is 3.60. The Morgan fingerprint density at radius 1 is 0.903 bits per heavy atom. The van der Waals surface area contributed by atoms with Crippen LogP contribution >= 0.6 is 21.9 Å². The molecule has 3 aliphatic rings. The van der Waals surface area contributed by atoms with Gasteiger partial charge in [-0.05, 0) is 10.7 Å². The summed E-state index contributed by atoms with van der Waals surface area (Å²) in [5.74, 6) is -0.377. The molecule has 3 heterocycles. The predicted octanol–water partition coefficient (Wildman–Crippen LogP) is 5.60. The van der Waals surface area contributed by atoms with E-state index in [4.69, 9.17) is 19.6 Å². The number of piperidine rings is 1. The van der Waals surface area contributed by atoms with Crippen molar-refractivity contribution < 1.29 is 18.2 Å². The summed E-state index contributed by atoms with van der Waals surface area (Å²) < 4.78 is 13.5. The topological polar surface area (TPSA) is 35.5 Å². The lowest BCUT2D eigenvalue weighted by atomic mass is 9.86. The maximum atomic E-state index is 13.8. The van der Waals surface area contributed by atoms with Gasteiger partial charge in [-0.25, -0.2) is 4.79 Å². The number of benzene rings is 2. The zero-order valence-corrected chi connectivity index (χ0v) is 19.2. The molecule has 2 aromatic rings. The molecule has 0 aliphatic carbocycles. The van der Waals surface area contributed by atoms with Crippen LogP contribution in [0.15, 0.2) is 60.7 Å². The summed E-state index contributed by atoms with van der Waals surface area (Å²) in [5.41, 5.74) is 0.0491. The van der Waals surface area contributed by atoms with Crippen LogP contribution in [-0.2, 0) is 19.3 Å². The third-order valence-electron chi connectivity index (χ3n) is 7.83. The largest absolute Gasteiger partial charge is 0.459 e. The lowest BCUT2D eigenvalue weighted by molar-refractivity contribution is -0.956. The molecule has 31 heavy (non-hydrogen) atoms. The van der Waals surface area contributed by atoms with Crippen molar-refractivity contribution in [3.8, 4) is 0 Å². The molecule has 0 radical (unpaired) electrons. The molecule has 4 nitrogen and oxygen atoms in total. The van der Waals surface area contributed by atoms with Gasteiger partial charge in [0.05, 0.1) is 25.2 Å². The highest BCUT2D eigenvalue weighted by molar-refractivity contribution is 8.17. The molecule has 0 N–H and O–H groups in total. The van der Waals surface area contributed by atoms with Crippen molar-refractivity contribution in [1.82, 2.24) is 0 Å². The quantitative estimate of drug-likeness (QED) is 0.321. The zero-order valence-electron chi connectivity index (χ0n) is 17.6. The van der Waals surface area contributed by atoms with Crippen LogP contribution in [0.1, 0.15) is 49.7 Å². The van der Waals surface area contributed by atoms with Gasteiger partial charge < -0.3 is 9.22 Å². The Balaban J connectivity index is 1.44. The van der Waals surface area contributed by atoms with Crippen LogP contribution in [0.5, 0.6) is 0 Å². The van der Waals surface area contributed by atoms with Crippen molar-refractivity contribution in [2.75, 3.05) is 13.1 Å². The molecule has 1 spiro atoms. The van der Waals surface area contributed by atoms with Gasteiger partial charge in [-0.2, -0.15) is 0 Å². The highest BCUT2D eigenvalue weighted by Gasteiger charge is 2.57. The molecule has 3 aliphatic heterocycles. The highest BCUT2D eigenvalue weighted by atomic mass is 35.7. The summed E-state index contributed by atoms with van der Waals surface area (Å²) in [7, 11) is 5.99. The molecule has 6 heteroatoms. The van der Waals surface area contributed by atoms with Crippen LogP contribution in [0.25, 0.3) is 0 Å². The molecule has 5 rings (SSSR count). The Kier molecular flexibility index (Phi) is 6.04. The van der Waals surface area contributed by atoms with Crippen LogP contribution in [0.4, 0.5) is 0 Å². The molecule has 0 aromatic heterocycles. The maximum Gasteiger partial charge on any atom is 0.349 e. The van der Waals surface area contributed by atoms with E-state index in [0.717, 1.165) is 24.0 Å². The monoisotopic (exact) mass is 458 g/mol. The van der Waals surface area contributed by atoms with Gasteiger partial charge in [0.2, 0.25) is 5.60 Å². The van der Waals surface area contributed by atoms with E-state index in [1.165, 1.54) is 43.3 Å². The molecular weight excluding hydrogens is 430 g/mol. The SMILES string of the molecule is O=C(OC1CC2CCC(C1)[N+]21CCCC1)C(OSCl)(c1ccccc1)c1ccccc1. The smallest absolute Gasteiger partial charge is 0.349 e. The Hall–Kier alpha value is -1.53. The summed E-state index contributed by atoms with van der Waals surface area (Å²) in [6, 6.07) is 20.3. The van der Waals surface area contributed by atoms with Gasteiger partial charge in [0.25, 0.3) is 0 Å². The summed E-state index contributed by atoms with van der Waals surface area (Å²) in [4.78, 5) is 13.8. The molecule has 3 saturated heterocycles. The number of carbonyl (C=O) groups is 1. The van der Waals surface area contributed by atoms with Crippen molar-refractivity contribution >= 4 is 27.9 Å². The first-order chi connectivity index (χ1) is 15.2. The molecule has 2 aromatic carbocycles. The maximum absolute atomic E-state index is 13.8. The van der Waals surface area contributed by atoms with E-state index >= 15 is 0 Å². The first kappa shape index (κ1) is 21.3. The average Bonchev–Trinajstić information content (AvgIpc) is 3.35. The van der Waals surface area contributed by atoms with E-state index < -0.39 is 5.60 Å². The number of hydrogen-bond acceptors (Lipinski definition) is 4. The van der Waals surface area contributed by atoms with Crippen LogP contribution in [0.3, 0.4) is 0 Å². The van der Waals surface area contributed by atoms with Crippen LogP contribution < -0.4 is 0 Å². The Bertz CT molecular complexity index is 848. The van der Waals surface area contributed by atoms with Gasteiger partial charge in [-0.15, -0.1) is 0 Å². The van der Waals surface area contributed by atoms with Crippen molar-refractivity contribution in [3.63, 3.8) is 0 Å². The number of esters is 1. The average molecular weight is 459 g/mol. The number of rotatable bonds is 6. The number of quaternary nitrogens is 1. The van der Waals surface area contributed by atoms with Gasteiger partial charge in [-0.3, -0.25) is 4.18 Å². The Morgan fingerprint density at radius 3 is 1.90 bits per heavy atom. The van der Waals surface area contributed by atoms with E-state index in [0.29, 0.717) is 23.3 Å². The van der Waals surface area contributed by atoms with Crippen molar-refractivity contribution in [2.45, 2.75) is 62.3 Å². The van der Waals surface area contributed by atoms with Gasteiger partial charge >= 0.3 is 5.97 Å². The molecule has 2 unspecified atom stereocenters. The van der Waals surface area contributed by atoms with E-state index in [1.807, 2.05) is 60.7 Å². The first-order valence-electron chi connectivity index (χ1n) is 11.3. The Labute approximate surface area is 193 Å². The predicted molar refractivity (Wildman–Crippen MR) is 123 cm³/mol. The Morgan fingerprint density at radius 2 is 1.42 bits per heavy atom.